The minimum Gasteiger partial charge on any atom is -0.508 e. The number of nitrogens with one attached hydrogen (secondary N) is 1. The summed E-state index contributed by atoms with van der Waals surface area (Å²) in [6.45, 7) is 0.365. The molecule has 0 amide bonds. The van der Waals surface area contributed by atoms with Gasteiger partial charge in [-0.1, -0.05) is 24.3 Å². The Bertz CT molecular complexity index is 1590. The number of aryl methyl sites for hydroxylation is 1. The summed E-state index contributed by atoms with van der Waals surface area (Å²) in [5.74, 6) is -0.117. The maximum Gasteiger partial charge on any atom is 0.333 e. The van der Waals surface area contributed by atoms with E-state index in [1.54, 1.807) is 18.2 Å². The van der Waals surface area contributed by atoms with E-state index in [2.05, 4.69) is 4.98 Å². The van der Waals surface area contributed by atoms with Gasteiger partial charge >= 0.3 is 5.69 Å². The number of nitrogens with zero attached hydrogens (tertiary/aromatic N) is 2. The van der Waals surface area contributed by atoms with Gasteiger partial charge in [0.25, 0.3) is 15.6 Å². The number of aromatic hydroxyl groups is 1. The molecule has 0 fully saturated rings. The lowest BCUT2D eigenvalue weighted by atomic mass is 10.0. The van der Waals surface area contributed by atoms with Crippen molar-refractivity contribution >= 4 is 26.6 Å². The molecule has 5 rings (SSSR count). The van der Waals surface area contributed by atoms with E-state index >= 15 is 0 Å². The molecule has 1 aromatic heterocycles. The zero-order valence-corrected chi connectivity index (χ0v) is 17.7. The van der Waals surface area contributed by atoms with Crippen molar-refractivity contribution in [2.75, 3.05) is 10.8 Å². The van der Waals surface area contributed by atoms with Gasteiger partial charge in [-0.15, -0.1) is 0 Å². The zero-order valence-electron chi connectivity index (χ0n) is 16.9. The predicted octanol–water partition coefficient (Wildman–Crippen LogP) is 2.53. The lowest BCUT2D eigenvalue weighted by molar-refractivity contribution is 0.476. The molecule has 0 atom stereocenters. The van der Waals surface area contributed by atoms with Crippen LogP contribution in [0, 0.1) is 0 Å². The third-order valence-electron chi connectivity index (χ3n) is 5.62. The number of anilines is 1. The third-order valence-corrected chi connectivity index (χ3v) is 7.43. The summed E-state index contributed by atoms with van der Waals surface area (Å²) in [5.41, 5.74) is 0.840. The quantitative estimate of drug-likeness (QED) is 0.499. The molecule has 0 spiro atoms. The molecular weight excluding hydrogens is 430 g/mol. The predicted molar refractivity (Wildman–Crippen MR) is 121 cm³/mol. The molecule has 0 saturated carbocycles. The first-order chi connectivity index (χ1) is 15.4. The van der Waals surface area contributed by atoms with Crippen LogP contribution in [0.25, 0.3) is 16.6 Å². The van der Waals surface area contributed by atoms with Crippen LogP contribution in [0.3, 0.4) is 0 Å². The second-order valence-electron chi connectivity index (χ2n) is 7.60. The van der Waals surface area contributed by atoms with Gasteiger partial charge in [-0.25, -0.2) is 13.2 Å². The summed E-state index contributed by atoms with van der Waals surface area (Å²) >= 11 is 0. The molecule has 1 aliphatic rings. The highest BCUT2D eigenvalue weighted by molar-refractivity contribution is 7.92. The lowest BCUT2D eigenvalue weighted by Gasteiger charge is -2.30. The fraction of sp³-hybridized carbons (Fsp3) is 0.130. The SMILES string of the molecule is O=c1[nH]c(=O)n(-c2cccc(S(=O)(=O)N3CCCc4ccccc43)c2)c2ccc(O)cc12. The lowest BCUT2D eigenvalue weighted by Crippen LogP contribution is -2.35. The van der Waals surface area contributed by atoms with Crippen molar-refractivity contribution in [3.05, 3.63) is 93.1 Å². The van der Waals surface area contributed by atoms with Gasteiger partial charge < -0.3 is 5.11 Å². The first-order valence-electron chi connectivity index (χ1n) is 10.1. The van der Waals surface area contributed by atoms with Crippen LogP contribution in [0.2, 0.25) is 0 Å². The average Bonchev–Trinajstić information content (AvgIpc) is 2.79. The van der Waals surface area contributed by atoms with E-state index in [4.69, 9.17) is 0 Å². The smallest absolute Gasteiger partial charge is 0.333 e. The number of aromatic nitrogens is 2. The summed E-state index contributed by atoms with van der Waals surface area (Å²) in [6.07, 6.45) is 1.53. The molecular formula is C23H19N3O5S. The second kappa shape index (κ2) is 7.38. The number of hydrogen-bond acceptors (Lipinski definition) is 5. The van der Waals surface area contributed by atoms with Gasteiger partial charge in [0.05, 0.1) is 27.2 Å². The van der Waals surface area contributed by atoms with E-state index in [0.29, 0.717) is 18.7 Å². The summed E-state index contributed by atoms with van der Waals surface area (Å²) in [4.78, 5) is 27.1. The zero-order chi connectivity index (χ0) is 22.5. The van der Waals surface area contributed by atoms with Gasteiger partial charge in [0.15, 0.2) is 0 Å². The van der Waals surface area contributed by atoms with Crippen molar-refractivity contribution in [2.45, 2.75) is 17.7 Å². The average molecular weight is 449 g/mol. The molecule has 8 nitrogen and oxygen atoms in total. The van der Waals surface area contributed by atoms with Crippen LogP contribution in [0.1, 0.15) is 12.0 Å². The van der Waals surface area contributed by atoms with Crippen LogP contribution in [-0.2, 0) is 16.4 Å². The highest BCUT2D eigenvalue weighted by Crippen LogP contribution is 2.32. The highest BCUT2D eigenvalue weighted by Gasteiger charge is 2.29. The van der Waals surface area contributed by atoms with Crippen LogP contribution in [-0.4, -0.2) is 29.6 Å². The third kappa shape index (κ3) is 3.18. The molecule has 1 aliphatic heterocycles. The van der Waals surface area contributed by atoms with Crippen molar-refractivity contribution in [1.82, 2.24) is 9.55 Å². The topological polar surface area (TPSA) is 112 Å². The van der Waals surface area contributed by atoms with E-state index in [-0.39, 0.29) is 27.2 Å². The van der Waals surface area contributed by atoms with Gasteiger partial charge in [-0.2, -0.15) is 0 Å². The largest absolute Gasteiger partial charge is 0.508 e. The maximum absolute atomic E-state index is 13.5. The Morgan fingerprint density at radius 3 is 2.59 bits per heavy atom. The normalized spacial score (nSPS) is 13.8. The number of para-hydroxylation sites is 1. The number of aromatic amines is 1. The summed E-state index contributed by atoms with van der Waals surface area (Å²) in [6, 6.07) is 17.5. The van der Waals surface area contributed by atoms with Crippen LogP contribution in [0.5, 0.6) is 5.75 Å². The molecule has 2 heterocycles. The minimum absolute atomic E-state index is 0.0386. The molecule has 0 radical (unpaired) electrons. The fourth-order valence-electron chi connectivity index (χ4n) is 4.15. The Morgan fingerprint density at radius 2 is 1.75 bits per heavy atom. The Labute approximate surface area is 183 Å². The number of fused-ring (bicyclic) bond motifs is 2. The molecule has 0 saturated heterocycles. The number of phenols is 1. The van der Waals surface area contributed by atoms with Crippen molar-refractivity contribution < 1.29 is 13.5 Å². The van der Waals surface area contributed by atoms with Crippen molar-refractivity contribution in [3.63, 3.8) is 0 Å². The monoisotopic (exact) mass is 449 g/mol. The van der Waals surface area contributed by atoms with Gasteiger partial charge in [-0.3, -0.25) is 18.7 Å². The number of benzene rings is 3. The van der Waals surface area contributed by atoms with E-state index < -0.39 is 21.3 Å². The fourth-order valence-corrected chi connectivity index (χ4v) is 5.73. The summed E-state index contributed by atoms with van der Waals surface area (Å²) in [7, 11) is -3.88. The molecule has 2 N–H and O–H groups in total. The molecule has 0 unspecified atom stereocenters. The van der Waals surface area contributed by atoms with Gasteiger partial charge in [-0.05, 0) is 60.9 Å². The van der Waals surface area contributed by atoms with E-state index in [0.717, 1.165) is 12.0 Å². The Balaban J connectivity index is 1.68. The first kappa shape index (κ1) is 20.1. The van der Waals surface area contributed by atoms with Crippen LogP contribution >= 0.6 is 0 Å². The van der Waals surface area contributed by atoms with Crippen molar-refractivity contribution in [1.29, 1.82) is 0 Å². The van der Waals surface area contributed by atoms with Crippen molar-refractivity contribution in [3.8, 4) is 11.4 Å². The molecule has 3 aromatic carbocycles. The Kier molecular flexibility index (Phi) is 4.63. The van der Waals surface area contributed by atoms with Gasteiger partial charge in [0.2, 0.25) is 0 Å². The minimum atomic E-state index is -3.88. The molecule has 0 bridgehead atoms. The Morgan fingerprint density at radius 1 is 0.938 bits per heavy atom. The Hall–Kier alpha value is -3.85. The van der Waals surface area contributed by atoms with Crippen molar-refractivity contribution in [2.24, 2.45) is 0 Å². The number of sulfonamides is 1. The standard InChI is InChI=1S/C23H19N3O5S/c27-17-10-11-21-19(14-17)22(28)24-23(29)26(21)16-7-3-8-18(13-16)32(30,31)25-12-4-6-15-5-1-2-9-20(15)25/h1-3,5,7-11,13-14,27H,4,6,12H2,(H,24,28,29). The van der Waals surface area contributed by atoms with Gasteiger partial charge in [0.1, 0.15) is 5.75 Å². The van der Waals surface area contributed by atoms with Crippen LogP contribution in [0.4, 0.5) is 5.69 Å². The van der Waals surface area contributed by atoms with E-state index in [9.17, 15) is 23.1 Å². The number of hydrogen-bond donors (Lipinski definition) is 2. The molecule has 162 valence electrons. The van der Waals surface area contributed by atoms with E-state index in [1.807, 2.05) is 18.2 Å². The highest BCUT2D eigenvalue weighted by atomic mass is 32.2. The molecule has 4 aromatic rings. The molecule has 0 aliphatic carbocycles. The first-order valence-corrected chi connectivity index (χ1v) is 11.5. The number of phenolic OH excluding ortho intramolecular Hbond substituents is 1. The van der Waals surface area contributed by atoms with Crippen LogP contribution < -0.4 is 15.6 Å². The summed E-state index contributed by atoms with van der Waals surface area (Å²) < 4.78 is 29.7. The molecule has 32 heavy (non-hydrogen) atoms. The number of rotatable bonds is 3. The second-order valence-corrected chi connectivity index (χ2v) is 9.47. The van der Waals surface area contributed by atoms with E-state index in [1.165, 1.54) is 39.2 Å². The number of H-pyrrole nitrogens is 1. The maximum atomic E-state index is 13.5. The summed E-state index contributed by atoms with van der Waals surface area (Å²) in [5, 5.41) is 9.85. The molecule has 9 heteroatoms. The van der Waals surface area contributed by atoms with Gasteiger partial charge in [0, 0.05) is 6.54 Å². The van der Waals surface area contributed by atoms with Crippen LogP contribution in [0.15, 0.2) is 81.2 Å².